The topological polar surface area (TPSA) is 80.7 Å². The fourth-order valence-corrected chi connectivity index (χ4v) is 3.70. The molecular formula is C10H10O5S. The van der Waals surface area contributed by atoms with Crippen molar-refractivity contribution in [3.05, 3.63) is 23.8 Å². The molecule has 1 aromatic rings. The predicted octanol–water partition coefficient (Wildman–Crippen LogP) is 0.651. The van der Waals surface area contributed by atoms with E-state index in [2.05, 4.69) is 0 Å². The molecule has 0 amide bonds. The molecule has 0 aromatic heterocycles. The average Bonchev–Trinajstić information content (AvgIpc) is 2.51. The number of fused-ring (bicyclic) bond motifs is 1. The van der Waals surface area contributed by atoms with E-state index in [-0.39, 0.29) is 10.5 Å². The molecular weight excluding hydrogens is 232 g/mol. The zero-order chi connectivity index (χ0) is 11.9. The minimum Gasteiger partial charge on any atom is -0.496 e. The van der Waals surface area contributed by atoms with Crippen LogP contribution in [0.5, 0.6) is 5.75 Å². The highest BCUT2D eigenvalue weighted by Crippen LogP contribution is 2.40. The van der Waals surface area contributed by atoms with Crippen LogP contribution in [0, 0.1) is 0 Å². The Labute approximate surface area is 92.6 Å². The molecule has 0 bridgehead atoms. The maximum Gasteiger partial charge on any atom is 0.312 e. The van der Waals surface area contributed by atoms with Gasteiger partial charge in [0.05, 0.1) is 17.8 Å². The van der Waals surface area contributed by atoms with E-state index in [0.29, 0.717) is 5.75 Å². The second-order valence-corrected chi connectivity index (χ2v) is 5.55. The fourth-order valence-electron chi connectivity index (χ4n) is 1.90. The molecule has 1 aromatic carbocycles. The highest BCUT2D eigenvalue weighted by Gasteiger charge is 2.41. The van der Waals surface area contributed by atoms with Gasteiger partial charge in [0.25, 0.3) is 0 Å². The maximum atomic E-state index is 11.7. The van der Waals surface area contributed by atoms with E-state index in [0.717, 1.165) is 0 Å². The van der Waals surface area contributed by atoms with Crippen molar-refractivity contribution >= 4 is 15.8 Å². The monoisotopic (exact) mass is 242 g/mol. The standard InChI is InChI=1S/C10H10O5S/c1-15-7-3-2-4-8-9(7)6(10(11)12)5-16(8,13)14/h2-4,6H,5H2,1H3,(H,11,12). The highest BCUT2D eigenvalue weighted by molar-refractivity contribution is 7.91. The van der Waals surface area contributed by atoms with Gasteiger partial charge in [-0.3, -0.25) is 4.79 Å². The number of carbonyl (C=O) groups is 1. The van der Waals surface area contributed by atoms with Crippen LogP contribution in [-0.4, -0.2) is 32.4 Å². The lowest BCUT2D eigenvalue weighted by Crippen LogP contribution is -2.14. The third kappa shape index (κ3) is 1.46. The smallest absolute Gasteiger partial charge is 0.312 e. The van der Waals surface area contributed by atoms with Crippen LogP contribution in [0.2, 0.25) is 0 Å². The van der Waals surface area contributed by atoms with Gasteiger partial charge in [-0.1, -0.05) is 6.07 Å². The van der Waals surface area contributed by atoms with Crippen LogP contribution in [-0.2, 0) is 14.6 Å². The van der Waals surface area contributed by atoms with Crippen LogP contribution in [0.15, 0.2) is 23.1 Å². The number of rotatable bonds is 2. The molecule has 0 saturated carbocycles. The summed E-state index contributed by atoms with van der Waals surface area (Å²) < 4.78 is 28.4. The highest BCUT2D eigenvalue weighted by atomic mass is 32.2. The Morgan fingerprint density at radius 3 is 2.75 bits per heavy atom. The molecule has 5 nitrogen and oxygen atoms in total. The molecule has 1 aliphatic rings. The molecule has 86 valence electrons. The van der Waals surface area contributed by atoms with Crippen molar-refractivity contribution in [3.63, 3.8) is 0 Å². The van der Waals surface area contributed by atoms with Gasteiger partial charge >= 0.3 is 5.97 Å². The lowest BCUT2D eigenvalue weighted by molar-refractivity contribution is -0.138. The van der Waals surface area contributed by atoms with Crippen LogP contribution < -0.4 is 4.74 Å². The zero-order valence-electron chi connectivity index (χ0n) is 8.50. The maximum absolute atomic E-state index is 11.7. The van der Waals surface area contributed by atoms with Crippen molar-refractivity contribution in [3.8, 4) is 5.75 Å². The molecule has 16 heavy (non-hydrogen) atoms. The van der Waals surface area contributed by atoms with Crippen molar-refractivity contribution in [2.24, 2.45) is 0 Å². The largest absolute Gasteiger partial charge is 0.496 e. The van der Waals surface area contributed by atoms with Crippen LogP contribution in [0.1, 0.15) is 11.5 Å². The number of carboxylic acid groups (broad SMARTS) is 1. The Balaban J connectivity index is 2.73. The number of carboxylic acids is 1. The van der Waals surface area contributed by atoms with Gasteiger partial charge in [0.2, 0.25) is 0 Å². The first kappa shape index (κ1) is 10.9. The number of hydrogen-bond acceptors (Lipinski definition) is 4. The van der Waals surface area contributed by atoms with Gasteiger partial charge in [-0.25, -0.2) is 8.42 Å². The normalized spacial score (nSPS) is 21.4. The van der Waals surface area contributed by atoms with Crippen molar-refractivity contribution in [1.82, 2.24) is 0 Å². The molecule has 0 spiro atoms. The first-order valence-electron chi connectivity index (χ1n) is 4.60. The van der Waals surface area contributed by atoms with E-state index in [1.165, 1.54) is 13.2 Å². The summed E-state index contributed by atoms with van der Waals surface area (Å²) in [7, 11) is -2.10. The van der Waals surface area contributed by atoms with Gasteiger partial charge in [-0.05, 0) is 12.1 Å². The fraction of sp³-hybridized carbons (Fsp3) is 0.300. The summed E-state index contributed by atoms with van der Waals surface area (Å²) in [6.45, 7) is 0. The van der Waals surface area contributed by atoms with E-state index in [1.807, 2.05) is 0 Å². The van der Waals surface area contributed by atoms with Crippen molar-refractivity contribution in [1.29, 1.82) is 0 Å². The first-order chi connectivity index (χ1) is 7.47. The van der Waals surface area contributed by atoms with Crippen molar-refractivity contribution in [2.45, 2.75) is 10.8 Å². The van der Waals surface area contributed by atoms with Crippen LogP contribution in [0.4, 0.5) is 0 Å². The summed E-state index contributed by atoms with van der Waals surface area (Å²) in [4.78, 5) is 11.1. The van der Waals surface area contributed by atoms with E-state index in [1.54, 1.807) is 12.1 Å². The Morgan fingerprint density at radius 2 is 2.19 bits per heavy atom. The summed E-state index contributed by atoms with van der Waals surface area (Å²) in [5.41, 5.74) is 0.262. The Morgan fingerprint density at radius 1 is 1.50 bits per heavy atom. The number of methoxy groups -OCH3 is 1. The molecule has 1 N–H and O–H groups in total. The van der Waals surface area contributed by atoms with Gasteiger partial charge in [-0.15, -0.1) is 0 Å². The minimum absolute atomic E-state index is 0.0688. The van der Waals surface area contributed by atoms with Crippen LogP contribution in [0.3, 0.4) is 0 Å². The number of ether oxygens (including phenoxy) is 1. The quantitative estimate of drug-likeness (QED) is 0.823. The van der Waals surface area contributed by atoms with Crippen LogP contribution in [0.25, 0.3) is 0 Å². The van der Waals surface area contributed by atoms with Crippen molar-refractivity contribution < 1.29 is 23.1 Å². The van der Waals surface area contributed by atoms with E-state index < -0.39 is 27.5 Å². The number of aliphatic carboxylic acids is 1. The molecule has 0 fully saturated rings. The number of hydrogen-bond donors (Lipinski definition) is 1. The Kier molecular flexibility index (Phi) is 2.38. The van der Waals surface area contributed by atoms with Crippen LogP contribution >= 0.6 is 0 Å². The van der Waals surface area contributed by atoms with Gasteiger partial charge in [-0.2, -0.15) is 0 Å². The second-order valence-electron chi connectivity index (χ2n) is 3.54. The molecule has 1 atom stereocenters. The molecule has 0 aliphatic carbocycles. The number of benzene rings is 1. The Bertz CT molecular complexity index is 546. The van der Waals surface area contributed by atoms with Gasteiger partial charge in [0.1, 0.15) is 11.7 Å². The average molecular weight is 242 g/mol. The molecule has 6 heteroatoms. The minimum atomic E-state index is -3.49. The summed E-state index contributed by atoms with van der Waals surface area (Å²) >= 11 is 0. The molecule has 0 radical (unpaired) electrons. The summed E-state index contributed by atoms with van der Waals surface area (Å²) in [6.07, 6.45) is 0. The molecule has 1 heterocycles. The summed E-state index contributed by atoms with van der Waals surface area (Å²) in [5, 5.41) is 8.99. The summed E-state index contributed by atoms with van der Waals surface area (Å²) in [6, 6.07) is 4.52. The number of sulfone groups is 1. The Hall–Kier alpha value is -1.56. The lowest BCUT2D eigenvalue weighted by atomic mass is 10.0. The van der Waals surface area contributed by atoms with Gasteiger partial charge in [0, 0.05) is 5.56 Å². The lowest BCUT2D eigenvalue weighted by Gasteiger charge is -2.09. The molecule has 0 saturated heterocycles. The van der Waals surface area contributed by atoms with E-state index in [4.69, 9.17) is 9.84 Å². The van der Waals surface area contributed by atoms with Gasteiger partial charge in [0.15, 0.2) is 9.84 Å². The third-order valence-electron chi connectivity index (χ3n) is 2.61. The zero-order valence-corrected chi connectivity index (χ0v) is 9.32. The predicted molar refractivity (Wildman–Crippen MR) is 55.4 cm³/mol. The van der Waals surface area contributed by atoms with Gasteiger partial charge < -0.3 is 9.84 Å². The first-order valence-corrected chi connectivity index (χ1v) is 6.25. The SMILES string of the molecule is COc1cccc2c1C(C(=O)O)CS2(=O)=O. The third-order valence-corrected chi connectivity index (χ3v) is 4.41. The second kappa shape index (κ2) is 3.48. The molecule has 1 aliphatic heterocycles. The molecule has 1 unspecified atom stereocenters. The van der Waals surface area contributed by atoms with E-state index >= 15 is 0 Å². The van der Waals surface area contributed by atoms with E-state index in [9.17, 15) is 13.2 Å². The molecule has 2 rings (SSSR count). The van der Waals surface area contributed by atoms with Crippen molar-refractivity contribution in [2.75, 3.05) is 12.9 Å². The summed E-state index contributed by atoms with van der Waals surface area (Å²) in [5.74, 6) is -2.26.